The Kier molecular flexibility index (Phi) is 6.90. The third kappa shape index (κ3) is 4.70. The van der Waals surface area contributed by atoms with E-state index in [1.165, 1.54) is 11.3 Å². The van der Waals surface area contributed by atoms with Gasteiger partial charge in [-0.05, 0) is 55.7 Å². The number of ketones is 1. The lowest BCUT2D eigenvalue weighted by Crippen LogP contribution is -2.40. The maximum Gasteiger partial charge on any atom is 0.267 e. The molecular formula is C26H27NO4S. The van der Waals surface area contributed by atoms with E-state index in [1.54, 1.807) is 7.11 Å². The molecular weight excluding hydrogens is 422 g/mol. The Morgan fingerprint density at radius 1 is 1.03 bits per heavy atom. The third-order valence-corrected chi connectivity index (χ3v) is 6.93. The molecule has 1 aliphatic heterocycles. The summed E-state index contributed by atoms with van der Waals surface area (Å²) in [5.74, 6) is 1.42. The summed E-state index contributed by atoms with van der Waals surface area (Å²) in [5.41, 5.74) is 1.77. The molecule has 1 amide bonds. The van der Waals surface area contributed by atoms with Gasteiger partial charge in [-0.3, -0.25) is 9.59 Å². The second-order valence-electron chi connectivity index (χ2n) is 7.76. The summed E-state index contributed by atoms with van der Waals surface area (Å²) >= 11 is 1.47. The number of nitrogens with zero attached hydrogens (tertiary/aromatic N) is 1. The van der Waals surface area contributed by atoms with Crippen LogP contribution in [0.4, 0.5) is 0 Å². The van der Waals surface area contributed by atoms with Gasteiger partial charge in [0.1, 0.15) is 16.4 Å². The first-order valence-electron chi connectivity index (χ1n) is 10.9. The number of benzene rings is 2. The average Bonchev–Trinajstić information content (AvgIpc) is 3.28. The second-order valence-corrected chi connectivity index (χ2v) is 8.81. The molecule has 3 aromatic rings. The topological polar surface area (TPSA) is 55.8 Å². The van der Waals surface area contributed by atoms with Crippen LogP contribution in [0.1, 0.15) is 39.8 Å². The van der Waals surface area contributed by atoms with Crippen molar-refractivity contribution in [3.05, 3.63) is 71.1 Å². The Balaban J connectivity index is 1.45. The van der Waals surface area contributed by atoms with Gasteiger partial charge < -0.3 is 14.4 Å². The third-order valence-electron chi connectivity index (χ3n) is 5.78. The monoisotopic (exact) mass is 449 g/mol. The van der Waals surface area contributed by atoms with Crippen molar-refractivity contribution in [2.75, 3.05) is 26.8 Å². The summed E-state index contributed by atoms with van der Waals surface area (Å²) in [6, 6.07) is 19.2. The first-order chi connectivity index (χ1) is 15.6. The minimum atomic E-state index is -0.0676. The maximum atomic E-state index is 13.3. The lowest BCUT2D eigenvalue weighted by molar-refractivity contribution is 0.0651. The fraction of sp³-hybridized carbons (Fsp3) is 0.308. The van der Waals surface area contributed by atoms with Crippen LogP contribution in [-0.2, 0) is 0 Å². The number of likely N-dealkylation sites (tertiary alicyclic amines) is 1. The molecule has 2 heterocycles. The zero-order valence-electron chi connectivity index (χ0n) is 18.4. The fourth-order valence-electron chi connectivity index (χ4n) is 4.01. The van der Waals surface area contributed by atoms with Crippen LogP contribution in [-0.4, -0.2) is 43.4 Å². The standard InChI is InChI=1S/C26H27NO4S/c1-3-31-22-17-23(18-7-5-4-6-8-18)32-25(22)26(29)27-15-13-20(14-16-27)24(28)19-9-11-21(30-2)12-10-19/h4-12,17,20H,3,13-16H2,1-2H3. The number of carbonyl (C=O) groups is 2. The van der Waals surface area contributed by atoms with E-state index in [-0.39, 0.29) is 17.6 Å². The number of carbonyl (C=O) groups excluding carboxylic acids is 2. The van der Waals surface area contributed by atoms with Gasteiger partial charge in [0.25, 0.3) is 5.91 Å². The highest BCUT2D eigenvalue weighted by molar-refractivity contribution is 7.17. The summed E-state index contributed by atoms with van der Waals surface area (Å²) in [5, 5.41) is 0. The van der Waals surface area contributed by atoms with Crippen LogP contribution in [0.15, 0.2) is 60.7 Å². The van der Waals surface area contributed by atoms with E-state index in [9.17, 15) is 9.59 Å². The first-order valence-corrected chi connectivity index (χ1v) is 11.7. The normalized spacial score (nSPS) is 14.2. The van der Waals surface area contributed by atoms with Crippen molar-refractivity contribution in [2.24, 2.45) is 5.92 Å². The Bertz CT molecular complexity index is 1070. The predicted octanol–water partition coefficient (Wildman–Crippen LogP) is 5.56. The molecule has 6 heteroatoms. The molecule has 5 nitrogen and oxygen atoms in total. The highest BCUT2D eigenvalue weighted by Gasteiger charge is 2.30. The summed E-state index contributed by atoms with van der Waals surface area (Å²) in [6.45, 7) is 3.55. The number of rotatable bonds is 7. The van der Waals surface area contributed by atoms with Gasteiger partial charge in [0, 0.05) is 29.4 Å². The molecule has 32 heavy (non-hydrogen) atoms. The van der Waals surface area contributed by atoms with Gasteiger partial charge in [0.15, 0.2) is 5.78 Å². The number of thiophene rings is 1. The minimum absolute atomic E-state index is 0.0176. The molecule has 0 bridgehead atoms. The highest BCUT2D eigenvalue weighted by Crippen LogP contribution is 2.38. The van der Waals surface area contributed by atoms with E-state index in [0.717, 1.165) is 16.2 Å². The van der Waals surface area contributed by atoms with Crippen molar-refractivity contribution in [3.63, 3.8) is 0 Å². The zero-order valence-corrected chi connectivity index (χ0v) is 19.2. The van der Waals surface area contributed by atoms with E-state index in [0.29, 0.717) is 48.7 Å². The fourth-order valence-corrected chi connectivity index (χ4v) is 5.08. The van der Waals surface area contributed by atoms with Crippen molar-refractivity contribution in [3.8, 4) is 21.9 Å². The maximum absolute atomic E-state index is 13.3. The Hall–Kier alpha value is -3.12. The Morgan fingerprint density at radius 3 is 2.34 bits per heavy atom. The van der Waals surface area contributed by atoms with E-state index < -0.39 is 0 Å². The lowest BCUT2D eigenvalue weighted by atomic mass is 9.89. The molecule has 0 radical (unpaired) electrons. The van der Waals surface area contributed by atoms with Gasteiger partial charge in [0.2, 0.25) is 0 Å². The second kappa shape index (κ2) is 10.0. The van der Waals surface area contributed by atoms with E-state index >= 15 is 0 Å². The number of hydrogen-bond acceptors (Lipinski definition) is 5. The van der Waals surface area contributed by atoms with Gasteiger partial charge in [0.05, 0.1) is 13.7 Å². The van der Waals surface area contributed by atoms with Crippen molar-refractivity contribution < 1.29 is 19.1 Å². The van der Waals surface area contributed by atoms with E-state index in [4.69, 9.17) is 9.47 Å². The molecule has 2 aromatic carbocycles. The molecule has 166 valence electrons. The largest absolute Gasteiger partial charge is 0.497 e. The smallest absolute Gasteiger partial charge is 0.267 e. The number of hydrogen-bond donors (Lipinski definition) is 0. The van der Waals surface area contributed by atoms with Crippen LogP contribution < -0.4 is 9.47 Å². The van der Waals surface area contributed by atoms with Gasteiger partial charge in [-0.25, -0.2) is 0 Å². The zero-order chi connectivity index (χ0) is 22.5. The van der Waals surface area contributed by atoms with Crippen molar-refractivity contribution >= 4 is 23.0 Å². The number of amides is 1. The van der Waals surface area contributed by atoms with Crippen molar-refractivity contribution in [2.45, 2.75) is 19.8 Å². The summed E-state index contributed by atoms with van der Waals surface area (Å²) in [7, 11) is 1.61. The summed E-state index contributed by atoms with van der Waals surface area (Å²) < 4.78 is 11.0. The summed E-state index contributed by atoms with van der Waals surface area (Å²) in [6.07, 6.45) is 1.33. The van der Waals surface area contributed by atoms with Crippen LogP contribution in [0, 0.1) is 5.92 Å². The molecule has 1 fully saturated rings. The molecule has 0 aliphatic carbocycles. The molecule has 0 unspecified atom stereocenters. The molecule has 1 aliphatic rings. The van der Waals surface area contributed by atoms with E-state index in [1.807, 2.05) is 72.5 Å². The van der Waals surface area contributed by atoms with E-state index in [2.05, 4.69) is 0 Å². The van der Waals surface area contributed by atoms with Crippen LogP contribution in [0.3, 0.4) is 0 Å². The van der Waals surface area contributed by atoms with Gasteiger partial charge >= 0.3 is 0 Å². The average molecular weight is 450 g/mol. The number of piperidine rings is 1. The van der Waals surface area contributed by atoms with Gasteiger partial charge in [-0.2, -0.15) is 0 Å². The minimum Gasteiger partial charge on any atom is -0.497 e. The number of methoxy groups -OCH3 is 1. The van der Waals surface area contributed by atoms with Crippen LogP contribution in [0.5, 0.6) is 11.5 Å². The Morgan fingerprint density at radius 2 is 1.72 bits per heavy atom. The Labute approximate surface area is 192 Å². The number of Topliss-reactive ketones (excluding diaryl/α,β-unsaturated/α-hetero) is 1. The molecule has 1 saturated heterocycles. The van der Waals surface area contributed by atoms with Crippen LogP contribution >= 0.6 is 11.3 Å². The predicted molar refractivity (Wildman–Crippen MR) is 127 cm³/mol. The molecule has 4 rings (SSSR count). The molecule has 0 saturated carbocycles. The van der Waals surface area contributed by atoms with Crippen LogP contribution in [0.2, 0.25) is 0 Å². The first kappa shape index (κ1) is 22.1. The SMILES string of the molecule is CCOc1cc(-c2ccccc2)sc1C(=O)N1CCC(C(=O)c2ccc(OC)cc2)CC1. The molecule has 0 N–H and O–H groups in total. The summed E-state index contributed by atoms with van der Waals surface area (Å²) in [4.78, 5) is 29.7. The molecule has 1 aromatic heterocycles. The number of ether oxygens (including phenoxy) is 2. The molecule has 0 spiro atoms. The molecule has 0 atom stereocenters. The highest BCUT2D eigenvalue weighted by atomic mass is 32.1. The quantitative estimate of drug-likeness (QED) is 0.443. The lowest BCUT2D eigenvalue weighted by Gasteiger charge is -2.31. The van der Waals surface area contributed by atoms with Gasteiger partial charge in [-0.1, -0.05) is 30.3 Å². The van der Waals surface area contributed by atoms with Crippen molar-refractivity contribution in [1.29, 1.82) is 0 Å². The van der Waals surface area contributed by atoms with Crippen LogP contribution in [0.25, 0.3) is 10.4 Å². The van der Waals surface area contributed by atoms with Crippen molar-refractivity contribution in [1.82, 2.24) is 4.90 Å². The van der Waals surface area contributed by atoms with Gasteiger partial charge in [-0.15, -0.1) is 11.3 Å².